The van der Waals surface area contributed by atoms with Crippen LogP contribution in [-0.4, -0.2) is 29.5 Å². The number of nitrogens with zero attached hydrogens (tertiary/aromatic N) is 1. The van der Waals surface area contributed by atoms with Crippen molar-refractivity contribution in [2.24, 2.45) is 0 Å². The van der Waals surface area contributed by atoms with Gasteiger partial charge >= 0.3 is 0 Å². The summed E-state index contributed by atoms with van der Waals surface area (Å²) in [5.74, 6) is 0.0732. The monoisotopic (exact) mass is 379 g/mol. The van der Waals surface area contributed by atoms with Gasteiger partial charge in [0, 0.05) is 17.6 Å². The number of benzene rings is 2. The fraction of sp³-hybridized carbons (Fsp3) is 0.273. The molecule has 1 aromatic heterocycles. The number of piperidine rings is 1. The van der Waals surface area contributed by atoms with Gasteiger partial charge in [-0.3, -0.25) is 4.79 Å². The number of aromatic nitrogens is 1. The number of carbonyl (C=O) groups excluding carboxylic acids is 1. The molecule has 3 aromatic rings. The van der Waals surface area contributed by atoms with E-state index in [9.17, 15) is 9.18 Å². The Bertz CT molecular complexity index is 985. The number of carbonyl (C=O) groups is 1. The molecule has 0 saturated carbocycles. The fourth-order valence-corrected chi connectivity index (χ4v) is 3.54. The second kappa shape index (κ2) is 7.94. The van der Waals surface area contributed by atoms with E-state index in [4.69, 9.17) is 4.42 Å². The van der Waals surface area contributed by atoms with Gasteiger partial charge in [-0.05, 0) is 50.6 Å². The molecule has 144 valence electrons. The first kappa shape index (κ1) is 18.4. The van der Waals surface area contributed by atoms with Crippen LogP contribution in [0.25, 0.3) is 22.8 Å². The van der Waals surface area contributed by atoms with Gasteiger partial charge in [0.25, 0.3) is 5.91 Å². The standard InChI is InChI=1S/C22H22FN3O2/c1-14-19(11-6-12-24-14)26-21(27)15-7-2-3-8-16(15)22-25-13-20(28-22)17-9-4-5-10-18(17)23/h2-5,7-10,13-14,19,24H,6,11-12H2,1H3,(H,26,27). The molecule has 0 spiro atoms. The van der Waals surface area contributed by atoms with Crippen molar-refractivity contribution in [2.75, 3.05) is 6.54 Å². The highest BCUT2D eigenvalue weighted by Gasteiger charge is 2.25. The molecule has 1 amide bonds. The van der Waals surface area contributed by atoms with Gasteiger partial charge in [0.2, 0.25) is 5.89 Å². The summed E-state index contributed by atoms with van der Waals surface area (Å²) < 4.78 is 19.8. The molecular weight excluding hydrogens is 357 g/mol. The van der Waals surface area contributed by atoms with Crippen LogP contribution in [0.15, 0.2) is 59.1 Å². The minimum atomic E-state index is -0.380. The SMILES string of the molecule is CC1NCCCC1NC(=O)c1ccccc1-c1ncc(-c2ccccc2F)o1. The molecule has 2 N–H and O–H groups in total. The van der Waals surface area contributed by atoms with E-state index in [2.05, 4.69) is 22.5 Å². The Balaban J connectivity index is 1.62. The summed E-state index contributed by atoms with van der Waals surface area (Å²) in [7, 11) is 0. The van der Waals surface area contributed by atoms with E-state index in [0.29, 0.717) is 28.3 Å². The Morgan fingerprint density at radius 2 is 1.93 bits per heavy atom. The molecule has 1 aliphatic rings. The van der Waals surface area contributed by atoms with E-state index >= 15 is 0 Å². The lowest BCUT2D eigenvalue weighted by Gasteiger charge is -2.30. The Labute approximate surface area is 163 Å². The molecule has 28 heavy (non-hydrogen) atoms. The van der Waals surface area contributed by atoms with Crippen LogP contribution in [0.4, 0.5) is 4.39 Å². The van der Waals surface area contributed by atoms with Crippen molar-refractivity contribution >= 4 is 5.91 Å². The second-order valence-corrected chi connectivity index (χ2v) is 7.02. The van der Waals surface area contributed by atoms with Gasteiger partial charge in [-0.2, -0.15) is 0 Å². The normalized spacial score (nSPS) is 19.4. The highest BCUT2D eigenvalue weighted by Crippen LogP contribution is 2.29. The molecule has 2 unspecified atom stereocenters. The number of hydrogen-bond acceptors (Lipinski definition) is 4. The van der Waals surface area contributed by atoms with E-state index in [-0.39, 0.29) is 23.8 Å². The van der Waals surface area contributed by atoms with E-state index < -0.39 is 0 Å². The maximum Gasteiger partial charge on any atom is 0.252 e. The first-order valence-corrected chi connectivity index (χ1v) is 9.48. The van der Waals surface area contributed by atoms with Crippen LogP contribution < -0.4 is 10.6 Å². The van der Waals surface area contributed by atoms with Crippen molar-refractivity contribution in [3.63, 3.8) is 0 Å². The van der Waals surface area contributed by atoms with Crippen molar-refractivity contribution in [2.45, 2.75) is 31.8 Å². The average molecular weight is 379 g/mol. The van der Waals surface area contributed by atoms with Crippen LogP contribution in [0, 0.1) is 5.82 Å². The molecule has 1 fully saturated rings. The van der Waals surface area contributed by atoms with E-state index in [1.54, 1.807) is 30.3 Å². The Morgan fingerprint density at radius 3 is 2.71 bits per heavy atom. The Kier molecular flexibility index (Phi) is 5.21. The topological polar surface area (TPSA) is 67.2 Å². The average Bonchev–Trinajstić information content (AvgIpc) is 3.20. The van der Waals surface area contributed by atoms with Crippen molar-refractivity contribution < 1.29 is 13.6 Å². The highest BCUT2D eigenvalue weighted by atomic mass is 19.1. The first-order chi connectivity index (χ1) is 13.6. The zero-order valence-corrected chi connectivity index (χ0v) is 15.6. The van der Waals surface area contributed by atoms with Gasteiger partial charge in [0.1, 0.15) is 5.82 Å². The second-order valence-electron chi connectivity index (χ2n) is 7.02. The van der Waals surface area contributed by atoms with Crippen LogP contribution in [-0.2, 0) is 0 Å². The highest BCUT2D eigenvalue weighted by molar-refractivity contribution is 6.00. The first-order valence-electron chi connectivity index (χ1n) is 9.48. The van der Waals surface area contributed by atoms with Crippen LogP contribution in [0.3, 0.4) is 0 Å². The Hall–Kier alpha value is -2.99. The Morgan fingerprint density at radius 1 is 1.18 bits per heavy atom. The molecule has 2 atom stereocenters. The zero-order chi connectivity index (χ0) is 19.5. The molecule has 0 bridgehead atoms. The molecule has 1 saturated heterocycles. The van der Waals surface area contributed by atoms with Gasteiger partial charge in [-0.1, -0.05) is 24.3 Å². The van der Waals surface area contributed by atoms with Gasteiger partial charge in [0.05, 0.1) is 17.3 Å². The molecule has 2 heterocycles. The number of nitrogens with one attached hydrogen (secondary N) is 2. The molecular formula is C22H22FN3O2. The largest absolute Gasteiger partial charge is 0.436 e. The molecule has 6 heteroatoms. The molecule has 1 aliphatic heterocycles. The van der Waals surface area contributed by atoms with Crippen molar-refractivity contribution in [3.8, 4) is 22.8 Å². The lowest BCUT2D eigenvalue weighted by molar-refractivity contribution is 0.0920. The van der Waals surface area contributed by atoms with Crippen molar-refractivity contribution in [3.05, 3.63) is 66.1 Å². The third-order valence-electron chi connectivity index (χ3n) is 5.13. The fourth-order valence-electron chi connectivity index (χ4n) is 3.54. The van der Waals surface area contributed by atoms with Gasteiger partial charge in [-0.15, -0.1) is 0 Å². The molecule has 4 rings (SSSR count). The van der Waals surface area contributed by atoms with Gasteiger partial charge in [-0.25, -0.2) is 9.37 Å². The lowest BCUT2D eigenvalue weighted by Crippen LogP contribution is -2.51. The predicted molar refractivity (Wildman–Crippen MR) is 105 cm³/mol. The van der Waals surface area contributed by atoms with E-state index in [0.717, 1.165) is 19.4 Å². The third kappa shape index (κ3) is 3.68. The maximum absolute atomic E-state index is 14.0. The molecule has 5 nitrogen and oxygen atoms in total. The summed E-state index contributed by atoms with van der Waals surface area (Å²) in [4.78, 5) is 17.2. The lowest BCUT2D eigenvalue weighted by atomic mass is 9.98. The smallest absolute Gasteiger partial charge is 0.252 e. The number of amides is 1. The van der Waals surface area contributed by atoms with E-state index in [1.807, 2.05) is 12.1 Å². The van der Waals surface area contributed by atoms with Crippen LogP contribution in [0.1, 0.15) is 30.1 Å². The zero-order valence-electron chi connectivity index (χ0n) is 15.6. The number of rotatable bonds is 4. The van der Waals surface area contributed by atoms with Gasteiger partial charge < -0.3 is 15.1 Å². The van der Waals surface area contributed by atoms with Crippen molar-refractivity contribution in [1.82, 2.24) is 15.6 Å². The quantitative estimate of drug-likeness (QED) is 0.719. The van der Waals surface area contributed by atoms with Crippen molar-refractivity contribution in [1.29, 1.82) is 0 Å². The minimum Gasteiger partial charge on any atom is -0.436 e. The number of halogens is 1. The summed E-state index contributed by atoms with van der Waals surface area (Å²) in [5.41, 5.74) is 1.41. The van der Waals surface area contributed by atoms with Crippen LogP contribution in [0.5, 0.6) is 0 Å². The summed E-state index contributed by atoms with van der Waals surface area (Å²) in [6.45, 7) is 3.05. The minimum absolute atomic E-state index is 0.0767. The van der Waals surface area contributed by atoms with E-state index in [1.165, 1.54) is 12.3 Å². The maximum atomic E-state index is 14.0. The summed E-state index contributed by atoms with van der Waals surface area (Å²) in [6, 6.07) is 13.8. The summed E-state index contributed by atoms with van der Waals surface area (Å²) in [5, 5.41) is 6.49. The number of oxazole rings is 1. The van der Waals surface area contributed by atoms with Gasteiger partial charge in [0.15, 0.2) is 5.76 Å². The molecule has 0 aliphatic carbocycles. The third-order valence-corrected chi connectivity index (χ3v) is 5.13. The predicted octanol–water partition coefficient (Wildman–Crippen LogP) is 4.02. The molecule has 2 aromatic carbocycles. The number of hydrogen-bond donors (Lipinski definition) is 2. The van der Waals surface area contributed by atoms with Crippen LogP contribution in [0.2, 0.25) is 0 Å². The summed E-state index contributed by atoms with van der Waals surface area (Å²) in [6.07, 6.45) is 3.46. The van der Waals surface area contributed by atoms with Crippen LogP contribution >= 0.6 is 0 Å². The molecule has 0 radical (unpaired) electrons. The summed E-state index contributed by atoms with van der Waals surface area (Å²) >= 11 is 0.